The number of piperidine rings is 1. The summed E-state index contributed by atoms with van der Waals surface area (Å²) in [6, 6.07) is 7.73. The molecule has 1 aliphatic carbocycles. The second kappa shape index (κ2) is 11.3. The van der Waals surface area contributed by atoms with Crippen molar-refractivity contribution >= 4 is 33.7 Å². The Kier molecular flexibility index (Phi) is 8.30. The number of amidine groups is 1. The molecule has 196 valence electrons. The largest absolute Gasteiger partial charge is 0.349 e. The number of carbonyl (C=O) groups excluding carboxylic acids is 2. The van der Waals surface area contributed by atoms with E-state index < -0.39 is 15.6 Å². The molecule has 0 bridgehead atoms. The van der Waals surface area contributed by atoms with Crippen molar-refractivity contribution in [2.45, 2.75) is 69.7 Å². The van der Waals surface area contributed by atoms with E-state index in [1.54, 1.807) is 25.1 Å². The summed E-state index contributed by atoms with van der Waals surface area (Å²) in [5.74, 6) is 1.21. The summed E-state index contributed by atoms with van der Waals surface area (Å²) in [6.07, 6.45) is 10.2. The molecule has 1 saturated heterocycles. The fourth-order valence-electron chi connectivity index (χ4n) is 5.27. The first-order chi connectivity index (χ1) is 17.2. The molecule has 3 aliphatic rings. The molecule has 2 fully saturated rings. The average molecular weight is 515 g/mol. The number of sulfonamides is 1. The molecule has 1 aromatic carbocycles. The van der Waals surface area contributed by atoms with Crippen molar-refractivity contribution in [2.24, 2.45) is 10.9 Å². The molecule has 8 nitrogen and oxygen atoms in total. The Morgan fingerprint density at radius 2 is 1.81 bits per heavy atom. The van der Waals surface area contributed by atoms with Crippen LogP contribution in [-0.2, 0) is 26.0 Å². The van der Waals surface area contributed by atoms with Gasteiger partial charge in [0.15, 0.2) is 0 Å². The number of amides is 2. The zero-order chi connectivity index (χ0) is 25.8. The number of nitrogens with zero attached hydrogens (tertiary/aromatic N) is 3. The third-order valence-corrected chi connectivity index (χ3v) is 9.23. The third-order valence-electron chi connectivity index (χ3n) is 7.67. The van der Waals surface area contributed by atoms with Crippen molar-refractivity contribution in [3.05, 3.63) is 40.8 Å². The van der Waals surface area contributed by atoms with Crippen molar-refractivity contribution in [1.29, 1.82) is 0 Å². The highest BCUT2D eigenvalue weighted by atomic mass is 32.2. The Hall–Kier alpha value is -2.52. The highest BCUT2D eigenvalue weighted by Crippen LogP contribution is 2.35. The van der Waals surface area contributed by atoms with Crippen LogP contribution in [0.2, 0.25) is 0 Å². The predicted octanol–water partition coefficient (Wildman–Crippen LogP) is 3.34. The molecule has 0 unspecified atom stereocenters. The van der Waals surface area contributed by atoms with Gasteiger partial charge in [0.05, 0.1) is 0 Å². The van der Waals surface area contributed by atoms with E-state index in [-0.39, 0.29) is 24.9 Å². The van der Waals surface area contributed by atoms with Crippen LogP contribution in [0.4, 0.5) is 0 Å². The van der Waals surface area contributed by atoms with Crippen LogP contribution in [0.3, 0.4) is 0 Å². The van der Waals surface area contributed by atoms with Crippen LogP contribution in [0.25, 0.3) is 6.08 Å². The van der Waals surface area contributed by atoms with E-state index in [1.165, 1.54) is 29.0 Å². The Morgan fingerprint density at radius 1 is 1.14 bits per heavy atom. The first-order valence-electron chi connectivity index (χ1n) is 13.1. The number of carbonyl (C=O) groups is 2. The molecule has 1 N–H and O–H groups in total. The number of hydrogen-bond acceptors (Lipinski definition) is 5. The first-order valence-corrected chi connectivity index (χ1v) is 14.6. The zero-order valence-corrected chi connectivity index (χ0v) is 22.2. The minimum Gasteiger partial charge on any atom is -0.349 e. The maximum Gasteiger partial charge on any atom is 0.253 e. The lowest BCUT2D eigenvalue weighted by Crippen LogP contribution is -2.50. The Labute approximate surface area is 214 Å². The third kappa shape index (κ3) is 6.24. The van der Waals surface area contributed by atoms with E-state index in [1.807, 2.05) is 24.3 Å². The summed E-state index contributed by atoms with van der Waals surface area (Å²) < 4.78 is 27.3. The minimum atomic E-state index is -3.59. The fraction of sp³-hybridized carbons (Fsp3) is 0.593. The SMILES string of the molecule is CN(C)C(=O)CCCc1ccc(/C=C/S(=O)(=O)N2CCC3(CC2)N=C(C2CCCCC2)NC3=O)cc1. The van der Waals surface area contributed by atoms with E-state index in [2.05, 4.69) is 5.32 Å². The summed E-state index contributed by atoms with van der Waals surface area (Å²) in [6.45, 7) is 0.568. The van der Waals surface area contributed by atoms with Crippen molar-refractivity contribution in [3.63, 3.8) is 0 Å². The molecule has 0 radical (unpaired) electrons. The molecule has 36 heavy (non-hydrogen) atoms. The van der Waals surface area contributed by atoms with Crippen LogP contribution in [-0.4, -0.2) is 68.0 Å². The molecule has 0 atom stereocenters. The van der Waals surface area contributed by atoms with Crippen LogP contribution in [0, 0.1) is 5.92 Å². The predicted molar refractivity (Wildman–Crippen MR) is 142 cm³/mol. The normalized spacial score (nSPS) is 21.1. The molecule has 1 spiro atoms. The molecule has 1 aromatic rings. The van der Waals surface area contributed by atoms with Gasteiger partial charge in [-0.1, -0.05) is 43.5 Å². The highest BCUT2D eigenvalue weighted by Gasteiger charge is 2.48. The minimum absolute atomic E-state index is 0.0677. The van der Waals surface area contributed by atoms with Gasteiger partial charge in [-0.25, -0.2) is 8.42 Å². The maximum absolute atomic E-state index is 12.9. The first kappa shape index (κ1) is 26.5. The average Bonchev–Trinajstić information content (AvgIpc) is 3.19. The molecular weight excluding hydrogens is 476 g/mol. The lowest BCUT2D eigenvalue weighted by atomic mass is 9.88. The zero-order valence-electron chi connectivity index (χ0n) is 21.4. The lowest BCUT2D eigenvalue weighted by molar-refractivity contribution is -0.128. The summed E-state index contributed by atoms with van der Waals surface area (Å²) in [7, 11) is -0.0773. The van der Waals surface area contributed by atoms with Gasteiger partial charge < -0.3 is 10.2 Å². The van der Waals surface area contributed by atoms with Crippen molar-refractivity contribution in [2.75, 3.05) is 27.2 Å². The monoisotopic (exact) mass is 514 g/mol. The number of benzene rings is 1. The number of aliphatic imine (C=N–C) groups is 1. The maximum atomic E-state index is 12.9. The topological polar surface area (TPSA) is 99.2 Å². The summed E-state index contributed by atoms with van der Waals surface area (Å²) in [4.78, 5) is 30.9. The van der Waals surface area contributed by atoms with Gasteiger partial charge in [0.1, 0.15) is 11.4 Å². The lowest BCUT2D eigenvalue weighted by Gasteiger charge is -2.34. The van der Waals surface area contributed by atoms with Gasteiger partial charge in [-0.05, 0) is 55.7 Å². The van der Waals surface area contributed by atoms with E-state index in [4.69, 9.17) is 4.99 Å². The number of nitrogens with one attached hydrogen (secondary N) is 1. The number of hydrogen-bond donors (Lipinski definition) is 1. The van der Waals surface area contributed by atoms with Crippen molar-refractivity contribution < 1.29 is 18.0 Å². The van der Waals surface area contributed by atoms with Crippen LogP contribution in [0.5, 0.6) is 0 Å². The molecule has 2 aliphatic heterocycles. The van der Waals surface area contributed by atoms with Gasteiger partial charge in [-0.3, -0.25) is 14.6 Å². The summed E-state index contributed by atoms with van der Waals surface area (Å²) in [5.41, 5.74) is 1.11. The highest BCUT2D eigenvalue weighted by molar-refractivity contribution is 7.92. The summed E-state index contributed by atoms with van der Waals surface area (Å²) in [5, 5.41) is 4.27. The van der Waals surface area contributed by atoms with Gasteiger partial charge in [0.2, 0.25) is 15.9 Å². The molecule has 2 amide bonds. The molecule has 4 rings (SSSR count). The van der Waals surface area contributed by atoms with Crippen LogP contribution < -0.4 is 5.32 Å². The van der Waals surface area contributed by atoms with E-state index >= 15 is 0 Å². The smallest absolute Gasteiger partial charge is 0.253 e. The van der Waals surface area contributed by atoms with Crippen molar-refractivity contribution in [3.8, 4) is 0 Å². The second-order valence-electron chi connectivity index (χ2n) is 10.4. The fourth-order valence-corrected chi connectivity index (χ4v) is 6.47. The Balaban J connectivity index is 1.31. The van der Waals surface area contributed by atoms with Crippen LogP contribution >= 0.6 is 0 Å². The van der Waals surface area contributed by atoms with Gasteiger partial charge in [0.25, 0.3) is 5.91 Å². The second-order valence-corrected chi connectivity index (χ2v) is 12.3. The summed E-state index contributed by atoms with van der Waals surface area (Å²) >= 11 is 0. The number of rotatable bonds is 8. The van der Waals surface area contributed by atoms with Crippen LogP contribution in [0.15, 0.2) is 34.7 Å². The van der Waals surface area contributed by atoms with Gasteiger partial charge >= 0.3 is 0 Å². The standard InChI is InChI=1S/C27H38N4O4S/c1-30(2)24(32)10-6-7-21-11-13-22(14-12-21)15-20-36(34,35)31-18-16-27(17-19-31)26(33)28-25(29-27)23-8-4-3-5-9-23/h11-15,20,23H,3-10,16-19H2,1-2H3,(H,28,29,33)/b20-15+. The molecular formula is C27H38N4O4S. The van der Waals surface area contributed by atoms with Crippen LogP contribution in [0.1, 0.15) is 68.9 Å². The molecule has 9 heteroatoms. The van der Waals surface area contributed by atoms with E-state index in [0.717, 1.165) is 42.6 Å². The van der Waals surface area contributed by atoms with Gasteiger partial charge in [0, 0.05) is 44.9 Å². The number of aryl methyl sites for hydroxylation is 1. The van der Waals surface area contributed by atoms with Crippen molar-refractivity contribution in [1.82, 2.24) is 14.5 Å². The Morgan fingerprint density at radius 3 is 2.44 bits per heavy atom. The Bertz CT molecular complexity index is 1110. The van der Waals surface area contributed by atoms with Gasteiger partial charge in [-0.15, -0.1) is 0 Å². The molecule has 2 heterocycles. The molecule has 0 aromatic heterocycles. The van der Waals surface area contributed by atoms with E-state index in [9.17, 15) is 18.0 Å². The van der Waals surface area contributed by atoms with Gasteiger partial charge in [-0.2, -0.15) is 4.31 Å². The quantitative estimate of drug-likeness (QED) is 0.575. The molecule has 1 saturated carbocycles. The van der Waals surface area contributed by atoms with E-state index in [0.29, 0.717) is 25.2 Å².